The third-order valence-corrected chi connectivity index (χ3v) is 7.50. The van der Waals surface area contributed by atoms with Crippen LogP contribution in [0.3, 0.4) is 0 Å². The quantitative estimate of drug-likeness (QED) is 0.183. The maximum absolute atomic E-state index is 13.5. The van der Waals surface area contributed by atoms with Gasteiger partial charge in [0, 0.05) is 31.8 Å². The van der Waals surface area contributed by atoms with E-state index in [1.165, 1.54) is 16.7 Å². The Balaban J connectivity index is 1.67. The molecule has 1 aromatic carbocycles. The SMILES string of the molecule is CSCC[C@H](NC=O)C(=O)N[C@H]1CC(C)N([C@@H](Cc2ccccc2)C(=O)NCCC(=O)ON2C(=O)CCC2=O)C1=O. The normalized spacial score (nSPS) is 20.0. The van der Waals surface area contributed by atoms with Crippen molar-refractivity contribution in [1.82, 2.24) is 25.9 Å². The van der Waals surface area contributed by atoms with Gasteiger partial charge in [-0.05, 0) is 37.3 Å². The molecule has 2 aliphatic rings. The molecule has 0 aliphatic carbocycles. The molecule has 3 N–H and O–H groups in total. The molecule has 2 fully saturated rings. The highest BCUT2D eigenvalue weighted by Crippen LogP contribution is 2.24. The zero-order valence-electron chi connectivity index (χ0n) is 23.0. The lowest BCUT2D eigenvalue weighted by Crippen LogP contribution is -2.54. The Morgan fingerprint density at radius 2 is 1.78 bits per heavy atom. The molecule has 222 valence electrons. The second-order valence-electron chi connectivity index (χ2n) is 9.80. The highest BCUT2D eigenvalue weighted by molar-refractivity contribution is 7.98. The van der Waals surface area contributed by atoms with Gasteiger partial charge in [-0.2, -0.15) is 11.8 Å². The zero-order chi connectivity index (χ0) is 29.9. The van der Waals surface area contributed by atoms with E-state index in [-0.39, 0.29) is 38.6 Å². The van der Waals surface area contributed by atoms with E-state index in [2.05, 4.69) is 16.0 Å². The molecular formula is C27H35N5O8S. The van der Waals surface area contributed by atoms with Crippen molar-refractivity contribution in [3.05, 3.63) is 35.9 Å². The van der Waals surface area contributed by atoms with Crippen LogP contribution in [0.25, 0.3) is 0 Å². The summed E-state index contributed by atoms with van der Waals surface area (Å²) in [5, 5.41) is 8.31. The minimum absolute atomic E-state index is 0.0282. The number of likely N-dealkylation sites (tertiary alicyclic amines) is 1. The van der Waals surface area contributed by atoms with Gasteiger partial charge in [0.1, 0.15) is 18.1 Å². The lowest BCUT2D eigenvalue weighted by molar-refractivity contribution is -0.197. The summed E-state index contributed by atoms with van der Waals surface area (Å²) in [4.78, 5) is 92.5. The van der Waals surface area contributed by atoms with Crippen LogP contribution in [-0.2, 0) is 44.8 Å². The van der Waals surface area contributed by atoms with Gasteiger partial charge >= 0.3 is 5.97 Å². The van der Waals surface area contributed by atoms with Crippen LogP contribution in [0.1, 0.15) is 44.6 Å². The summed E-state index contributed by atoms with van der Waals surface area (Å²) in [5.74, 6) is -2.84. The van der Waals surface area contributed by atoms with Crippen LogP contribution in [0.5, 0.6) is 0 Å². The number of carbonyl (C=O) groups excluding carboxylic acids is 7. The van der Waals surface area contributed by atoms with Crippen LogP contribution < -0.4 is 16.0 Å². The first-order chi connectivity index (χ1) is 19.7. The number of nitrogens with one attached hydrogen (secondary N) is 3. The summed E-state index contributed by atoms with van der Waals surface area (Å²) in [5.41, 5.74) is 0.804. The monoisotopic (exact) mass is 589 g/mol. The average Bonchev–Trinajstić information content (AvgIpc) is 3.41. The maximum atomic E-state index is 13.5. The van der Waals surface area contributed by atoms with Gasteiger partial charge in [0.05, 0.1) is 6.42 Å². The molecule has 0 spiro atoms. The smallest absolute Gasteiger partial charge is 0.334 e. The maximum Gasteiger partial charge on any atom is 0.334 e. The van der Waals surface area contributed by atoms with Gasteiger partial charge in [0.2, 0.25) is 24.1 Å². The Morgan fingerprint density at radius 3 is 2.41 bits per heavy atom. The number of hydrogen-bond acceptors (Lipinski definition) is 9. The Bertz CT molecular complexity index is 1130. The van der Waals surface area contributed by atoms with Crippen molar-refractivity contribution in [2.24, 2.45) is 0 Å². The minimum atomic E-state index is -0.944. The fourth-order valence-corrected chi connectivity index (χ4v) is 5.25. The number of imide groups is 1. The molecule has 0 radical (unpaired) electrons. The summed E-state index contributed by atoms with van der Waals surface area (Å²) < 4.78 is 0. The summed E-state index contributed by atoms with van der Waals surface area (Å²) in [6, 6.07) is 6.11. The van der Waals surface area contributed by atoms with Gasteiger partial charge in [-0.15, -0.1) is 5.06 Å². The first-order valence-corrected chi connectivity index (χ1v) is 14.7. The molecule has 1 unspecified atom stereocenters. The van der Waals surface area contributed by atoms with Crippen LogP contribution in [0.4, 0.5) is 0 Å². The number of hydroxylamine groups is 2. The first kappa shape index (κ1) is 31.6. The predicted molar refractivity (Wildman–Crippen MR) is 148 cm³/mol. The topological polar surface area (TPSA) is 171 Å². The second kappa shape index (κ2) is 15.2. The summed E-state index contributed by atoms with van der Waals surface area (Å²) >= 11 is 1.52. The van der Waals surface area contributed by atoms with E-state index >= 15 is 0 Å². The molecule has 41 heavy (non-hydrogen) atoms. The van der Waals surface area contributed by atoms with Crippen LogP contribution in [0.15, 0.2) is 30.3 Å². The van der Waals surface area contributed by atoms with Crippen LogP contribution >= 0.6 is 11.8 Å². The largest absolute Gasteiger partial charge is 0.354 e. The average molecular weight is 590 g/mol. The standard InChI is InChI=1S/C27H35N5O8S/c1-17-14-20(30-25(37)19(29-16-33)11-13-41-2)27(39)31(17)21(15-18-6-4-3-5-7-18)26(38)28-12-10-24(36)40-32-22(34)8-9-23(32)35/h3-7,16-17,19-21H,8-15H2,1-2H3,(H,28,38)(H,29,33)(H,30,37)/t17?,19-,20-,21-/m0/s1. The number of carbonyl (C=O) groups is 7. The Morgan fingerprint density at radius 1 is 1.10 bits per heavy atom. The van der Waals surface area contributed by atoms with E-state index in [1.54, 1.807) is 6.92 Å². The molecule has 0 aromatic heterocycles. The lowest BCUT2D eigenvalue weighted by atomic mass is 10.0. The number of hydrogen-bond donors (Lipinski definition) is 3. The molecular weight excluding hydrogens is 554 g/mol. The Labute approximate surface area is 242 Å². The summed E-state index contributed by atoms with van der Waals surface area (Å²) in [6.45, 7) is 1.63. The van der Waals surface area contributed by atoms with Gasteiger partial charge in [-0.25, -0.2) is 4.79 Å². The van der Waals surface area contributed by atoms with Crippen molar-refractivity contribution < 1.29 is 38.4 Å². The lowest BCUT2D eigenvalue weighted by Gasteiger charge is -2.31. The minimum Gasteiger partial charge on any atom is -0.354 e. The molecule has 2 aliphatic heterocycles. The van der Waals surface area contributed by atoms with Crippen molar-refractivity contribution in [2.45, 2.75) is 69.6 Å². The van der Waals surface area contributed by atoms with Crippen molar-refractivity contribution in [2.75, 3.05) is 18.6 Å². The van der Waals surface area contributed by atoms with E-state index in [0.717, 1.165) is 5.56 Å². The van der Waals surface area contributed by atoms with Crippen molar-refractivity contribution in [1.29, 1.82) is 0 Å². The molecule has 2 heterocycles. The van der Waals surface area contributed by atoms with Crippen molar-refractivity contribution in [3.63, 3.8) is 0 Å². The van der Waals surface area contributed by atoms with Gasteiger partial charge in [-0.1, -0.05) is 30.3 Å². The molecule has 6 amide bonds. The van der Waals surface area contributed by atoms with Crippen molar-refractivity contribution in [3.8, 4) is 0 Å². The predicted octanol–water partition coefficient (Wildman–Crippen LogP) is -0.315. The fourth-order valence-electron chi connectivity index (χ4n) is 4.78. The van der Waals surface area contributed by atoms with Gasteiger partial charge in [-0.3, -0.25) is 28.8 Å². The molecule has 4 atom stereocenters. The van der Waals surface area contributed by atoms with Crippen LogP contribution in [0, 0.1) is 0 Å². The van der Waals surface area contributed by atoms with E-state index in [9.17, 15) is 33.6 Å². The molecule has 1 aromatic rings. The van der Waals surface area contributed by atoms with Gasteiger partial charge in [0.25, 0.3) is 11.8 Å². The molecule has 2 saturated heterocycles. The van der Waals surface area contributed by atoms with Crippen LogP contribution in [-0.4, -0.2) is 94.6 Å². The zero-order valence-corrected chi connectivity index (χ0v) is 23.8. The van der Waals surface area contributed by atoms with E-state index < -0.39 is 59.7 Å². The first-order valence-electron chi connectivity index (χ1n) is 13.4. The number of rotatable bonds is 15. The van der Waals surface area contributed by atoms with E-state index in [4.69, 9.17) is 4.84 Å². The number of benzene rings is 1. The molecule has 13 nitrogen and oxygen atoms in total. The number of amides is 6. The third kappa shape index (κ3) is 8.52. The Kier molecular flexibility index (Phi) is 11.7. The van der Waals surface area contributed by atoms with E-state index in [1.807, 2.05) is 36.6 Å². The summed E-state index contributed by atoms with van der Waals surface area (Å²) in [7, 11) is 0. The highest BCUT2D eigenvalue weighted by Gasteiger charge is 2.44. The second-order valence-corrected chi connectivity index (χ2v) is 10.8. The number of nitrogens with zero attached hydrogens (tertiary/aromatic N) is 2. The molecule has 0 saturated carbocycles. The van der Waals surface area contributed by atoms with Crippen molar-refractivity contribution >= 4 is 53.7 Å². The Hall–Kier alpha value is -3.94. The fraction of sp³-hybridized carbons (Fsp3) is 0.519. The number of thioether (sulfide) groups is 1. The third-order valence-electron chi connectivity index (χ3n) is 6.85. The molecule has 3 rings (SSSR count). The van der Waals surface area contributed by atoms with Gasteiger partial charge in [0.15, 0.2) is 0 Å². The highest BCUT2D eigenvalue weighted by atomic mass is 32.2. The molecule has 14 heteroatoms. The van der Waals surface area contributed by atoms with E-state index in [0.29, 0.717) is 23.6 Å². The van der Waals surface area contributed by atoms with Crippen LogP contribution in [0.2, 0.25) is 0 Å². The molecule has 0 bridgehead atoms. The summed E-state index contributed by atoms with van der Waals surface area (Å²) in [6.07, 6.45) is 2.83. The van der Waals surface area contributed by atoms with Gasteiger partial charge < -0.3 is 25.7 Å².